The van der Waals surface area contributed by atoms with E-state index in [1.54, 1.807) is 18.3 Å². The lowest BCUT2D eigenvalue weighted by Crippen LogP contribution is -2.28. The Labute approximate surface area is 148 Å². The van der Waals surface area contributed by atoms with Gasteiger partial charge in [-0.15, -0.1) is 0 Å². The second kappa shape index (κ2) is 9.52. The van der Waals surface area contributed by atoms with Gasteiger partial charge in [-0.1, -0.05) is 18.2 Å². The first kappa shape index (κ1) is 18.6. The summed E-state index contributed by atoms with van der Waals surface area (Å²) in [5.41, 5.74) is 0.888. The molecule has 0 aliphatic carbocycles. The van der Waals surface area contributed by atoms with Crippen molar-refractivity contribution >= 4 is 5.91 Å². The third-order valence-electron chi connectivity index (χ3n) is 3.15. The van der Waals surface area contributed by atoms with Crippen LogP contribution >= 0.6 is 0 Å². The fourth-order valence-electron chi connectivity index (χ4n) is 2.07. The van der Waals surface area contributed by atoms with Gasteiger partial charge in [0.15, 0.2) is 18.1 Å². The number of rotatable bonds is 9. The maximum Gasteiger partial charge on any atom is 0.258 e. The molecule has 2 aromatic rings. The largest absolute Gasteiger partial charge is 0.490 e. The minimum absolute atomic E-state index is 0.0773. The lowest BCUT2D eigenvalue weighted by atomic mass is 10.3. The van der Waals surface area contributed by atoms with Crippen LogP contribution in [0.25, 0.3) is 0 Å². The summed E-state index contributed by atoms with van der Waals surface area (Å²) in [4.78, 5) is 16.2. The Hall–Kier alpha value is -2.76. The molecule has 0 aliphatic rings. The van der Waals surface area contributed by atoms with Gasteiger partial charge in [-0.2, -0.15) is 0 Å². The van der Waals surface area contributed by atoms with E-state index in [1.165, 1.54) is 0 Å². The molecule has 0 aliphatic heterocycles. The molecule has 0 bridgehead atoms. The third kappa shape index (κ3) is 6.33. The number of nitrogens with one attached hydrogen (secondary N) is 1. The number of amides is 1. The highest BCUT2D eigenvalue weighted by Crippen LogP contribution is 2.26. The van der Waals surface area contributed by atoms with Crippen molar-refractivity contribution in [3.05, 3.63) is 48.2 Å². The third-order valence-corrected chi connectivity index (χ3v) is 3.15. The number of benzene rings is 1. The smallest absolute Gasteiger partial charge is 0.258 e. The summed E-state index contributed by atoms with van der Waals surface area (Å²) in [7, 11) is 0. The molecule has 6 nitrogen and oxygen atoms in total. The Morgan fingerprint density at radius 2 is 1.84 bits per heavy atom. The summed E-state index contributed by atoms with van der Waals surface area (Å²) in [6.45, 7) is 6.63. The molecule has 134 valence electrons. The van der Waals surface area contributed by atoms with Crippen molar-refractivity contribution in [3.63, 3.8) is 0 Å². The Morgan fingerprint density at radius 1 is 1.12 bits per heavy atom. The van der Waals surface area contributed by atoms with E-state index in [1.807, 2.05) is 45.0 Å². The molecule has 2 rings (SSSR count). The van der Waals surface area contributed by atoms with Crippen LogP contribution in [0.1, 0.15) is 26.3 Å². The molecule has 0 saturated heterocycles. The summed E-state index contributed by atoms with van der Waals surface area (Å²) in [6.07, 6.45) is 1.76. The first-order valence-electron chi connectivity index (χ1n) is 8.31. The zero-order valence-electron chi connectivity index (χ0n) is 14.8. The lowest BCUT2D eigenvalue weighted by molar-refractivity contribution is -0.123. The van der Waals surface area contributed by atoms with Crippen molar-refractivity contribution in [2.45, 2.75) is 33.4 Å². The minimum atomic E-state index is -0.214. The van der Waals surface area contributed by atoms with Gasteiger partial charge in [0.05, 0.1) is 12.7 Å². The summed E-state index contributed by atoms with van der Waals surface area (Å²) >= 11 is 0. The van der Waals surface area contributed by atoms with E-state index in [0.717, 1.165) is 5.56 Å². The molecule has 0 radical (unpaired) electrons. The number of pyridine rings is 1. The number of aromatic nitrogens is 1. The van der Waals surface area contributed by atoms with Gasteiger partial charge in [0.25, 0.3) is 5.91 Å². The van der Waals surface area contributed by atoms with Gasteiger partial charge in [0.1, 0.15) is 0 Å². The highest BCUT2D eigenvalue weighted by Gasteiger charge is 2.07. The number of para-hydroxylation sites is 2. The van der Waals surface area contributed by atoms with Gasteiger partial charge in [0.2, 0.25) is 5.88 Å². The van der Waals surface area contributed by atoms with Gasteiger partial charge >= 0.3 is 0 Å². The van der Waals surface area contributed by atoms with Crippen LogP contribution in [-0.2, 0) is 11.3 Å². The predicted octanol–water partition coefficient (Wildman–Crippen LogP) is 2.96. The molecule has 1 aromatic heterocycles. The quantitative estimate of drug-likeness (QED) is 0.757. The summed E-state index contributed by atoms with van der Waals surface area (Å²) in [6, 6.07) is 10.9. The molecule has 25 heavy (non-hydrogen) atoms. The summed E-state index contributed by atoms with van der Waals surface area (Å²) < 4.78 is 16.5. The molecule has 0 spiro atoms. The maximum atomic E-state index is 11.9. The van der Waals surface area contributed by atoms with Crippen molar-refractivity contribution in [3.8, 4) is 17.4 Å². The topological polar surface area (TPSA) is 69.7 Å². The van der Waals surface area contributed by atoms with Crippen molar-refractivity contribution in [1.82, 2.24) is 10.3 Å². The van der Waals surface area contributed by atoms with Crippen LogP contribution in [0.2, 0.25) is 0 Å². The average molecular weight is 344 g/mol. The van der Waals surface area contributed by atoms with E-state index in [2.05, 4.69) is 10.3 Å². The van der Waals surface area contributed by atoms with Crippen LogP contribution in [0.3, 0.4) is 0 Å². The molecule has 0 atom stereocenters. The van der Waals surface area contributed by atoms with Crippen LogP contribution in [0.4, 0.5) is 0 Å². The fraction of sp³-hybridized carbons (Fsp3) is 0.368. The van der Waals surface area contributed by atoms with Gasteiger partial charge in [-0.05, 0) is 38.5 Å². The second-order valence-electron chi connectivity index (χ2n) is 5.62. The monoisotopic (exact) mass is 344 g/mol. The number of carbonyl (C=O) groups is 1. The SMILES string of the molecule is CCOc1ccccc1OCC(=O)NCc1ccc(OC(C)C)nc1. The Morgan fingerprint density at radius 3 is 2.44 bits per heavy atom. The van der Waals surface area contributed by atoms with E-state index in [4.69, 9.17) is 14.2 Å². The van der Waals surface area contributed by atoms with Crippen LogP contribution < -0.4 is 19.5 Å². The number of carbonyl (C=O) groups excluding carboxylic acids is 1. The van der Waals surface area contributed by atoms with Crippen molar-refractivity contribution in [2.75, 3.05) is 13.2 Å². The van der Waals surface area contributed by atoms with E-state index < -0.39 is 0 Å². The molecule has 0 saturated carbocycles. The van der Waals surface area contributed by atoms with Crippen LogP contribution in [0, 0.1) is 0 Å². The van der Waals surface area contributed by atoms with Crippen LogP contribution in [-0.4, -0.2) is 30.2 Å². The van der Waals surface area contributed by atoms with Gasteiger partial charge in [-0.3, -0.25) is 4.79 Å². The van der Waals surface area contributed by atoms with Crippen molar-refractivity contribution in [1.29, 1.82) is 0 Å². The predicted molar refractivity (Wildman–Crippen MR) is 95.0 cm³/mol. The fourth-order valence-corrected chi connectivity index (χ4v) is 2.07. The molecule has 1 heterocycles. The molecule has 6 heteroatoms. The van der Waals surface area contributed by atoms with Gasteiger partial charge < -0.3 is 19.5 Å². The number of hydrogen-bond donors (Lipinski definition) is 1. The van der Waals surface area contributed by atoms with Crippen LogP contribution in [0.15, 0.2) is 42.6 Å². The standard InChI is InChI=1S/C19H24N2O4/c1-4-23-16-7-5-6-8-17(16)24-13-18(22)20-11-15-9-10-19(21-12-15)25-14(2)3/h5-10,12,14H,4,11,13H2,1-3H3,(H,20,22). The summed E-state index contributed by atoms with van der Waals surface area (Å²) in [5.74, 6) is 1.54. The molecule has 1 N–H and O–H groups in total. The zero-order valence-corrected chi connectivity index (χ0v) is 14.8. The molecular formula is C19H24N2O4. The first-order valence-corrected chi connectivity index (χ1v) is 8.31. The normalized spacial score (nSPS) is 10.4. The highest BCUT2D eigenvalue weighted by atomic mass is 16.5. The Bertz CT molecular complexity index is 671. The summed E-state index contributed by atoms with van der Waals surface area (Å²) in [5, 5.41) is 2.80. The molecule has 1 amide bonds. The zero-order chi connectivity index (χ0) is 18.1. The molecule has 0 unspecified atom stereocenters. The average Bonchev–Trinajstić information content (AvgIpc) is 2.60. The Kier molecular flexibility index (Phi) is 7.07. The van der Waals surface area contributed by atoms with E-state index in [9.17, 15) is 4.79 Å². The van der Waals surface area contributed by atoms with Gasteiger partial charge in [-0.25, -0.2) is 4.98 Å². The van der Waals surface area contributed by atoms with E-state index in [0.29, 0.717) is 30.5 Å². The lowest BCUT2D eigenvalue weighted by Gasteiger charge is -2.12. The second-order valence-corrected chi connectivity index (χ2v) is 5.62. The first-order chi connectivity index (χ1) is 12.1. The van der Waals surface area contributed by atoms with Crippen molar-refractivity contribution < 1.29 is 19.0 Å². The maximum absolute atomic E-state index is 11.9. The molecule has 0 fully saturated rings. The van der Waals surface area contributed by atoms with E-state index >= 15 is 0 Å². The number of ether oxygens (including phenoxy) is 3. The molecular weight excluding hydrogens is 320 g/mol. The van der Waals surface area contributed by atoms with Gasteiger partial charge in [0, 0.05) is 18.8 Å². The molecule has 1 aromatic carbocycles. The van der Waals surface area contributed by atoms with Crippen molar-refractivity contribution in [2.24, 2.45) is 0 Å². The highest BCUT2D eigenvalue weighted by molar-refractivity contribution is 5.77. The number of nitrogens with zero attached hydrogens (tertiary/aromatic N) is 1. The Balaban J connectivity index is 1.79. The van der Waals surface area contributed by atoms with Crippen LogP contribution in [0.5, 0.6) is 17.4 Å². The van der Waals surface area contributed by atoms with E-state index in [-0.39, 0.29) is 18.6 Å². The number of hydrogen-bond acceptors (Lipinski definition) is 5. The minimum Gasteiger partial charge on any atom is -0.490 e.